The van der Waals surface area contributed by atoms with Gasteiger partial charge >= 0.3 is 0 Å². The quantitative estimate of drug-likeness (QED) is 0.546. The van der Waals surface area contributed by atoms with E-state index >= 15 is 0 Å². The fraction of sp³-hybridized carbons (Fsp3) is 0.0435. The molecular weight excluding hydrogens is 393 g/mol. The molecule has 0 radical (unpaired) electrons. The molecule has 1 N–H and O–H groups in total. The monoisotopic (exact) mass is 408 g/mol. The van der Waals surface area contributed by atoms with E-state index in [1.165, 1.54) is 37.5 Å². The zero-order valence-electron chi connectivity index (χ0n) is 15.7. The number of pyridine rings is 2. The standard InChI is InChI=1S/C23H15F3N2O2/c1-27-23(30)13-5-7-16(17(25)11-13)22-20-4-2-3-19(28(20)10-9-21(22)29)15-8-6-14(24)12-18(15)26/h2-12H,1H3,(H,27,30). The third kappa shape index (κ3) is 3.24. The highest BCUT2D eigenvalue weighted by molar-refractivity contribution is 5.95. The minimum absolute atomic E-state index is 0.0162. The van der Waals surface area contributed by atoms with Crippen molar-refractivity contribution in [2.24, 2.45) is 0 Å². The summed E-state index contributed by atoms with van der Waals surface area (Å²) in [6, 6.07) is 13.1. The molecule has 4 nitrogen and oxygen atoms in total. The number of carbonyl (C=O) groups is 1. The number of amides is 1. The lowest BCUT2D eigenvalue weighted by Gasteiger charge is -2.14. The molecule has 0 aliphatic carbocycles. The van der Waals surface area contributed by atoms with Crippen LogP contribution < -0.4 is 10.7 Å². The van der Waals surface area contributed by atoms with Gasteiger partial charge in [0.1, 0.15) is 17.5 Å². The van der Waals surface area contributed by atoms with Gasteiger partial charge in [-0.25, -0.2) is 13.2 Å². The van der Waals surface area contributed by atoms with Crippen molar-refractivity contribution in [3.05, 3.63) is 100 Å². The molecule has 0 saturated heterocycles. The third-order valence-electron chi connectivity index (χ3n) is 4.84. The molecule has 0 fully saturated rings. The van der Waals surface area contributed by atoms with Crippen LogP contribution in [-0.4, -0.2) is 17.4 Å². The van der Waals surface area contributed by atoms with Crippen LogP contribution in [0.25, 0.3) is 27.9 Å². The molecule has 150 valence electrons. The molecule has 0 aliphatic rings. The molecule has 0 unspecified atom stereocenters. The van der Waals surface area contributed by atoms with Gasteiger partial charge in [0.25, 0.3) is 5.91 Å². The van der Waals surface area contributed by atoms with Crippen LogP contribution in [-0.2, 0) is 0 Å². The second-order valence-electron chi connectivity index (χ2n) is 6.62. The maximum absolute atomic E-state index is 14.8. The predicted molar refractivity (Wildman–Crippen MR) is 108 cm³/mol. The summed E-state index contributed by atoms with van der Waals surface area (Å²) in [6.07, 6.45) is 1.45. The first kappa shape index (κ1) is 19.4. The molecule has 2 aromatic carbocycles. The van der Waals surface area contributed by atoms with Crippen molar-refractivity contribution in [3.63, 3.8) is 0 Å². The average Bonchev–Trinajstić information content (AvgIpc) is 2.73. The Balaban J connectivity index is 1.98. The Hall–Kier alpha value is -3.87. The zero-order chi connectivity index (χ0) is 21.4. The normalized spacial score (nSPS) is 10.9. The van der Waals surface area contributed by atoms with Crippen LogP contribution in [0.15, 0.2) is 71.7 Å². The van der Waals surface area contributed by atoms with E-state index in [0.717, 1.165) is 18.2 Å². The molecule has 0 bridgehead atoms. The highest BCUT2D eigenvalue weighted by Gasteiger charge is 2.17. The molecule has 0 aliphatic heterocycles. The van der Waals surface area contributed by atoms with Gasteiger partial charge in [-0.3, -0.25) is 9.59 Å². The van der Waals surface area contributed by atoms with Crippen molar-refractivity contribution in [3.8, 4) is 22.4 Å². The van der Waals surface area contributed by atoms with Crippen molar-refractivity contribution in [2.45, 2.75) is 0 Å². The Morgan fingerprint density at radius 3 is 2.33 bits per heavy atom. The largest absolute Gasteiger partial charge is 0.355 e. The number of nitrogens with zero attached hydrogens (tertiary/aromatic N) is 1. The molecule has 7 heteroatoms. The minimum atomic E-state index is -0.760. The summed E-state index contributed by atoms with van der Waals surface area (Å²) in [4.78, 5) is 24.4. The van der Waals surface area contributed by atoms with Crippen LogP contribution in [0.3, 0.4) is 0 Å². The molecule has 0 saturated carbocycles. The summed E-state index contributed by atoms with van der Waals surface area (Å²) in [5.41, 5.74) is 0.618. The lowest BCUT2D eigenvalue weighted by atomic mass is 10.0. The lowest BCUT2D eigenvalue weighted by molar-refractivity contribution is 0.0962. The number of nitrogens with one attached hydrogen (secondary N) is 1. The first-order valence-electron chi connectivity index (χ1n) is 9.02. The molecule has 4 rings (SSSR count). The topological polar surface area (TPSA) is 50.6 Å². The summed E-state index contributed by atoms with van der Waals surface area (Å²) in [7, 11) is 1.43. The summed E-state index contributed by atoms with van der Waals surface area (Å²) < 4.78 is 44.1. The first-order valence-corrected chi connectivity index (χ1v) is 9.02. The van der Waals surface area contributed by atoms with E-state index in [2.05, 4.69) is 5.32 Å². The first-order chi connectivity index (χ1) is 14.4. The van der Waals surface area contributed by atoms with Gasteiger partial charge in [0, 0.05) is 42.1 Å². The van der Waals surface area contributed by atoms with Crippen LogP contribution >= 0.6 is 0 Å². The van der Waals surface area contributed by atoms with E-state index < -0.39 is 28.8 Å². The van der Waals surface area contributed by atoms with Crippen molar-refractivity contribution in [2.75, 3.05) is 7.05 Å². The number of rotatable bonds is 3. The molecule has 0 atom stereocenters. The van der Waals surface area contributed by atoms with Gasteiger partial charge in [0.2, 0.25) is 0 Å². The second kappa shape index (κ2) is 7.51. The number of hydrogen-bond acceptors (Lipinski definition) is 2. The minimum Gasteiger partial charge on any atom is -0.355 e. The van der Waals surface area contributed by atoms with E-state index in [-0.39, 0.29) is 22.3 Å². The third-order valence-corrected chi connectivity index (χ3v) is 4.84. The van der Waals surface area contributed by atoms with Crippen molar-refractivity contribution < 1.29 is 18.0 Å². The zero-order valence-corrected chi connectivity index (χ0v) is 15.7. The van der Waals surface area contributed by atoms with Gasteiger partial charge in [0.05, 0.1) is 16.8 Å². The van der Waals surface area contributed by atoms with Crippen molar-refractivity contribution in [1.82, 2.24) is 9.72 Å². The number of aromatic nitrogens is 1. The molecule has 2 heterocycles. The van der Waals surface area contributed by atoms with Gasteiger partial charge in [-0.15, -0.1) is 0 Å². The number of benzene rings is 2. The van der Waals surface area contributed by atoms with Gasteiger partial charge in [-0.05, 0) is 36.4 Å². The van der Waals surface area contributed by atoms with E-state index in [0.29, 0.717) is 11.2 Å². The number of halogens is 3. The second-order valence-corrected chi connectivity index (χ2v) is 6.62. The number of fused-ring (bicyclic) bond motifs is 1. The van der Waals surface area contributed by atoms with E-state index in [1.807, 2.05) is 0 Å². The highest BCUT2D eigenvalue weighted by atomic mass is 19.1. The lowest BCUT2D eigenvalue weighted by Crippen LogP contribution is -2.18. The summed E-state index contributed by atoms with van der Waals surface area (Å²) in [5, 5.41) is 2.41. The Morgan fingerprint density at radius 2 is 1.63 bits per heavy atom. The van der Waals surface area contributed by atoms with Crippen LogP contribution in [0, 0.1) is 17.5 Å². The molecular formula is C23H15F3N2O2. The van der Waals surface area contributed by atoms with Gasteiger partial charge in [-0.2, -0.15) is 0 Å². The van der Waals surface area contributed by atoms with Crippen molar-refractivity contribution in [1.29, 1.82) is 0 Å². The van der Waals surface area contributed by atoms with E-state index in [4.69, 9.17) is 0 Å². The Bertz CT molecular complexity index is 1360. The van der Waals surface area contributed by atoms with Gasteiger partial charge < -0.3 is 9.72 Å². The Morgan fingerprint density at radius 1 is 0.900 bits per heavy atom. The van der Waals surface area contributed by atoms with Crippen LogP contribution in [0.1, 0.15) is 10.4 Å². The highest BCUT2D eigenvalue weighted by Crippen LogP contribution is 2.29. The number of hydrogen-bond donors (Lipinski definition) is 1. The average molecular weight is 408 g/mol. The maximum Gasteiger partial charge on any atom is 0.251 e. The summed E-state index contributed by atoms with van der Waals surface area (Å²) in [6.45, 7) is 0. The Labute approximate surface area is 169 Å². The smallest absolute Gasteiger partial charge is 0.251 e. The van der Waals surface area contributed by atoms with Crippen LogP contribution in [0.5, 0.6) is 0 Å². The van der Waals surface area contributed by atoms with Gasteiger partial charge in [-0.1, -0.05) is 12.1 Å². The molecule has 1 amide bonds. The maximum atomic E-state index is 14.8. The predicted octanol–water partition coefficient (Wildman–Crippen LogP) is 4.41. The summed E-state index contributed by atoms with van der Waals surface area (Å²) in [5.74, 6) is -2.66. The molecule has 0 spiro atoms. The Kier molecular flexibility index (Phi) is 4.87. The van der Waals surface area contributed by atoms with E-state index in [1.54, 1.807) is 22.6 Å². The SMILES string of the molecule is CNC(=O)c1ccc(-c2c(=O)ccn3c(-c4ccc(F)cc4F)cccc23)c(F)c1. The van der Waals surface area contributed by atoms with Gasteiger partial charge in [0.15, 0.2) is 5.43 Å². The summed E-state index contributed by atoms with van der Waals surface area (Å²) >= 11 is 0. The fourth-order valence-electron chi connectivity index (χ4n) is 3.43. The van der Waals surface area contributed by atoms with Crippen LogP contribution in [0.2, 0.25) is 0 Å². The van der Waals surface area contributed by atoms with Crippen molar-refractivity contribution >= 4 is 11.4 Å². The molecule has 30 heavy (non-hydrogen) atoms. The van der Waals surface area contributed by atoms with E-state index in [9.17, 15) is 22.8 Å². The molecule has 4 aromatic rings. The van der Waals surface area contributed by atoms with Crippen LogP contribution in [0.4, 0.5) is 13.2 Å². The number of carbonyl (C=O) groups excluding carboxylic acids is 1. The fourth-order valence-corrected chi connectivity index (χ4v) is 3.43. The molecule has 2 aromatic heterocycles.